The molecule has 2 fully saturated rings. The molecule has 1 saturated heterocycles. The number of carboxylic acids is 1. The summed E-state index contributed by atoms with van der Waals surface area (Å²) in [6, 6.07) is 4.59. The van der Waals surface area contributed by atoms with Crippen LogP contribution in [0.5, 0.6) is 5.75 Å². The molecule has 24 heavy (non-hydrogen) atoms. The average molecular weight is 333 g/mol. The zero-order chi connectivity index (χ0) is 17.5. The second-order valence-electron chi connectivity index (χ2n) is 7.14. The van der Waals surface area contributed by atoms with E-state index >= 15 is 0 Å². The van der Waals surface area contributed by atoms with Crippen LogP contribution in [0.3, 0.4) is 0 Å². The molecule has 0 spiro atoms. The molecule has 3 rings (SSSR count). The van der Waals surface area contributed by atoms with E-state index in [0.29, 0.717) is 24.4 Å². The zero-order valence-corrected chi connectivity index (χ0v) is 13.7. The molecular formula is C18H23NO5. The van der Waals surface area contributed by atoms with Crippen LogP contribution in [0.15, 0.2) is 18.2 Å². The number of phenols is 1. The van der Waals surface area contributed by atoms with E-state index in [1.165, 1.54) is 17.0 Å². The summed E-state index contributed by atoms with van der Waals surface area (Å²) < 4.78 is 0. The first-order valence-corrected chi connectivity index (χ1v) is 8.34. The molecule has 1 aromatic carbocycles. The highest BCUT2D eigenvalue weighted by molar-refractivity contribution is 5.96. The van der Waals surface area contributed by atoms with Crippen LogP contribution in [0.25, 0.3) is 0 Å². The van der Waals surface area contributed by atoms with E-state index in [1.807, 2.05) is 0 Å². The Balaban J connectivity index is 1.87. The van der Waals surface area contributed by atoms with Crippen LogP contribution >= 0.6 is 0 Å². The molecule has 0 radical (unpaired) electrons. The van der Waals surface area contributed by atoms with E-state index in [-0.39, 0.29) is 24.6 Å². The first-order chi connectivity index (χ1) is 11.3. The maximum Gasteiger partial charge on any atom is 0.314 e. The number of carbonyl (C=O) groups excluding carboxylic acids is 1. The van der Waals surface area contributed by atoms with E-state index in [4.69, 9.17) is 0 Å². The van der Waals surface area contributed by atoms with E-state index in [9.17, 15) is 24.9 Å². The van der Waals surface area contributed by atoms with Crippen molar-refractivity contribution in [3.8, 4) is 5.75 Å². The molecule has 6 nitrogen and oxygen atoms in total. The fraction of sp³-hybridized carbons (Fsp3) is 0.556. The standard InChI is InChI=1S/C18H23NO5/c1-11-2-5-13(20)8-14(11)16(22)19-7-6-15(21)18(10-19,17(23)24)9-12-3-4-12/h2,5,8,12,15,20-21H,3-4,6-7,9-10H2,1H3,(H,23,24)/t15-,18-/m1/s1. The van der Waals surface area contributed by atoms with Crippen molar-refractivity contribution in [2.45, 2.75) is 38.7 Å². The van der Waals surface area contributed by atoms with Crippen molar-refractivity contribution in [3.05, 3.63) is 29.3 Å². The summed E-state index contributed by atoms with van der Waals surface area (Å²) in [6.45, 7) is 2.10. The highest BCUT2D eigenvalue weighted by Crippen LogP contribution is 2.45. The largest absolute Gasteiger partial charge is 0.508 e. The highest BCUT2D eigenvalue weighted by atomic mass is 16.4. The van der Waals surface area contributed by atoms with Crippen molar-refractivity contribution in [2.24, 2.45) is 11.3 Å². The number of aromatic hydroxyl groups is 1. The van der Waals surface area contributed by atoms with Gasteiger partial charge in [0.1, 0.15) is 11.2 Å². The van der Waals surface area contributed by atoms with E-state index in [2.05, 4.69) is 0 Å². The smallest absolute Gasteiger partial charge is 0.314 e. The fourth-order valence-corrected chi connectivity index (χ4v) is 3.60. The van der Waals surface area contributed by atoms with Gasteiger partial charge in [0.05, 0.1) is 6.10 Å². The van der Waals surface area contributed by atoms with Gasteiger partial charge in [0.2, 0.25) is 0 Å². The molecule has 2 atom stereocenters. The number of carboxylic acid groups (broad SMARTS) is 1. The maximum absolute atomic E-state index is 12.8. The zero-order valence-electron chi connectivity index (χ0n) is 13.7. The molecule has 1 aromatic rings. The molecule has 1 aliphatic carbocycles. The summed E-state index contributed by atoms with van der Waals surface area (Å²) in [4.78, 5) is 26.3. The number of aliphatic carboxylic acids is 1. The molecule has 1 amide bonds. The Kier molecular flexibility index (Phi) is 4.25. The summed E-state index contributed by atoms with van der Waals surface area (Å²) in [5.74, 6) is -1.000. The Morgan fingerprint density at radius 1 is 1.29 bits per heavy atom. The summed E-state index contributed by atoms with van der Waals surface area (Å²) in [6.07, 6.45) is 1.70. The molecule has 0 bridgehead atoms. The predicted octanol–water partition coefficient (Wildman–Crippen LogP) is 1.78. The summed E-state index contributed by atoms with van der Waals surface area (Å²) in [7, 11) is 0. The summed E-state index contributed by atoms with van der Waals surface area (Å²) >= 11 is 0. The third-order valence-corrected chi connectivity index (χ3v) is 5.30. The minimum atomic E-state index is -1.29. The number of carbonyl (C=O) groups is 2. The number of hydrogen-bond donors (Lipinski definition) is 3. The van der Waals surface area contributed by atoms with Gasteiger partial charge >= 0.3 is 5.97 Å². The molecule has 1 heterocycles. The van der Waals surface area contributed by atoms with Gasteiger partial charge in [-0.25, -0.2) is 0 Å². The van der Waals surface area contributed by atoms with Gasteiger partial charge in [-0.2, -0.15) is 0 Å². The lowest BCUT2D eigenvalue weighted by Gasteiger charge is -2.43. The molecular weight excluding hydrogens is 310 g/mol. The van der Waals surface area contributed by atoms with E-state index in [0.717, 1.165) is 18.4 Å². The van der Waals surface area contributed by atoms with Gasteiger partial charge in [0, 0.05) is 18.7 Å². The Labute approximate surface area is 140 Å². The fourth-order valence-electron chi connectivity index (χ4n) is 3.60. The van der Waals surface area contributed by atoms with Crippen molar-refractivity contribution in [1.29, 1.82) is 0 Å². The minimum absolute atomic E-state index is 0.00322. The number of aliphatic hydroxyl groups excluding tert-OH is 1. The van der Waals surface area contributed by atoms with Crippen LogP contribution in [-0.2, 0) is 4.79 Å². The monoisotopic (exact) mass is 333 g/mol. The van der Waals surface area contributed by atoms with Gasteiger partial charge in [-0.15, -0.1) is 0 Å². The number of rotatable bonds is 4. The van der Waals surface area contributed by atoms with Crippen molar-refractivity contribution in [3.63, 3.8) is 0 Å². The molecule has 2 aliphatic rings. The van der Waals surface area contributed by atoms with Crippen LogP contribution in [-0.4, -0.2) is 51.3 Å². The topological polar surface area (TPSA) is 98.1 Å². The first-order valence-electron chi connectivity index (χ1n) is 8.34. The SMILES string of the molecule is Cc1ccc(O)cc1C(=O)N1CC[C@@H](O)[C@](CC2CC2)(C(=O)O)C1. The summed E-state index contributed by atoms with van der Waals surface area (Å²) in [5.41, 5.74) is -0.191. The number of amides is 1. The third kappa shape index (κ3) is 2.98. The first kappa shape index (κ1) is 16.8. The molecule has 130 valence electrons. The van der Waals surface area contributed by atoms with Crippen LogP contribution in [0.2, 0.25) is 0 Å². The molecule has 1 saturated carbocycles. The number of piperidine rings is 1. The third-order valence-electron chi connectivity index (χ3n) is 5.30. The number of hydrogen-bond acceptors (Lipinski definition) is 4. The lowest BCUT2D eigenvalue weighted by atomic mass is 9.73. The van der Waals surface area contributed by atoms with Crippen molar-refractivity contribution in [1.82, 2.24) is 4.90 Å². The predicted molar refractivity (Wildman–Crippen MR) is 86.8 cm³/mol. The van der Waals surface area contributed by atoms with Gasteiger partial charge in [0.15, 0.2) is 0 Å². The minimum Gasteiger partial charge on any atom is -0.508 e. The number of likely N-dealkylation sites (tertiary alicyclic amines) is 1. The molecule has 0 aromatic heterocycles. The van der Waals surface area contributed by atoms with Gasteiger partial charge in [-0.3, -0.25) is 9.59 Å². The summed E-state index contributed by atoms with van der Waals surface area (Å²) in [5, 5.41) is 29.8. The quantitative estimate of drug-likeness (QED) is 0.780. The van der Waals surface area contributed by atoms with Crippen LogP contribution in [0.4, 0.5) is 0 Å². The van der Waals surface area contributed by atoms with Crippen LogP contribution in [0, 0.1) is 18.3 Å². The lowest BCUT2D eigenvalue weighted by molar-refractivity contribution is -0.163. The second-order valence-corrected chi connectivity index (χ2v) is 7.14. The Bertz CT molecular complexity index is 669. The van der Waals surface area contributed by atoms with Crippen molar-refractivity contribution < 1.29 is 24.9 Å². The van der Waals surface area contributed by atoms with Gasteiger partial charge in [-0.1, -0.05) is 18.9 Å². The van der Waals surface area contributed by atoms with E-state index < -0.39 is 17.5 Å². The number of nitrogens with zero attached hydrogens (tertiary/aromatic N) is 1. The Morgan fingerprint density at radius 2 is 2.00 bits per heavy atom. The highest BCUT2D eigenvalue weighted by Gasteiger charge is 2.52. The van der Waals surface area contributed by atoms with Gasteiger partial charge in [-0.05, 0) is 43.4 Å². The molecule has 6 heteroatoms. The number of aryl methyl sites for hydroxylation is 1. The molecule has 0 unspecified atom stereocenters. The Hall–Kier alpha value is -2.08. The van der Waals surface area contributed by atoms with Crippen LogP contribution < -0.4 is 0 Å². The number of phenolic OH excluding ortho intramolecular Hbond substituents is 1. The second kappa shape index (κ2) is 6.09. The average Bonchev–Trinajstić information content (AvgIpc) is 3.35. The number of benzene rings is 1. The van der Waals surface area contributed by atoms with Crippen LogP contribution in [0.1, 0.15) is 41.6 Å². The van der Waals surface area contributed by atoms with Gasteiger partial charge < -0.3 is 20.2 Å². The van der Waals surface area contributed by atoms with Crippen molar-refractivity contribution >= 4 is 11.9 Å². The molecule has 1 aliphatic heterocycles. The molecule has 3 N–H and O–H groups in total. The normalized spacial score (nSPS) is 27.1. The Morgan fingerprint density at radius 3 is 2.62 bits per heavy atom. The van der Waals surface area contributed by atoms with Crippen molar-refractivity contribution in [2.75, 3.05) is 13.1 Å². The van der Waals surface area contributed by atoms with Gasteiger partial charge in [0.25, 0.3) is 5.91 Å². The maximum atomic E-state index is 12.8. The lowest BCUT2D eigenvalue weighted by Crippen LogP contribution is -2.57. The number of aliphatic hydroxyl groups is 1. The van der Waals surface area contributed by atoms with E-state index in [1.54, 1.807) is 13.0 Å².